The Balaban J connectivity index is 1.36. The summed E-state index contributed by atoms with van der Waals surface area (Å²) in [5.74, 6) is 1.30. The number of carbonyl (C=O) groups is 1. The van der Waals surface area contributed by atoms with Gasteiger partial charge in [-0.2, -0.15) is 4.37 Å². The molecule has 2 N–H and O–H groups in total. The Kier molecular flexibility index (Phi) is 4.99. The molecule has 1 unspecified atom stereocenters. The summed E-state index contributed by atoms with van der Waals surface area (Å²) in [7, 11) is 0. The second-order valence-corrected chi connectivity index (χ2v) is 9.50. The maximum Gasteiger partial charge on any atom is 0.271 e. The highest BCUT2D eigenvalue weighted by Gasteiger charge is 2.35. The summed E-state index contributed by atoms with van der Waals surface area (Å²) in [6.07, 6.45) is 4.83. The molecule has 2 atom stereocenters. The Morgan fingerprint density at radius 3 is 2.89 bits per heavy atom. The van der Waals surface area contributed by atoms with Crippen molar-refractivity contribution < 1.29 is 4.79 Å². The summed E-state index contributed by atoms with van der Waals surface area (Å²) in [6.45, 7) is 7.63. The average molecular weight is 400 g/mol. The van der Waals surface area contributed by atoms with Crippen molar-refractivity contribution in [1.82, 2.24) is 20.0 Å². The van der Waals surface area contributed by atoms with Crippen molar-refractivity contribution in [3.8, 4) is 0 Å². The van der Waals surface area contributed by atoms with Crippen LogP contribution in [-0.2, 0) is 0 Å². The standard InChI is InChI=1S/C21H29N5OS/c1-14-3-2-8-26(22-12-14)16-4-5-19-17(11-16)20(24-28-19)21(27)23-18-13-25-9-6-15(18)7-10-25/h4-5,11,14-15,18,22H,2-3,6-10,12-13H2,1H3,(H,23,27)/t14?,18-/m1/s1. The van der Waals surface area contributed by atoms with Gasteiger partial charge in [-0.15, -0.1) is 0 Å². The highest BCUT2D eigenvalue weighted by Crippen LogP contribution is 2.30. The molecule has 4 aliphatic rings. The van der Waals surface area contributed by atoms with Gasteiger partial charge in [0, 0.05) is 31.1 Å². The maximum absolute atomic E-state index is 13.0. The summed E-state index contributed by atoms with van der Waals surface area (Å²) in [5, 5.41) is 6.50. The van der Waals surface area contributed by atoms with Crippen molar-refractivity contribution in [3.05, 3.63) is 23.9 Å². The van der Waals surface area contributed by atoms with E-state index in [1.807, 2.05) is 0 Å². The van der Waals surface area contributed by atoms with E-state index in [0.29, 0.717) is 17.5 Å². The zero-order valence-electron chi connectivity index (χ0n) is 16.5. The Bertz CT molecular complexity index is 860. The molecule has 28 heavy (non-hydrogen) atoms. The summed E-state index contributed by atoms with van der Waals surface area (Å²) in [4.78, 5) is 15.5. The predicted molar refractivity (Wildman–Crippen MR) is 114 cm³/mol. The van der Waals surface area contributed by atoms with Crippen LogP contribution in [0, 0.1) is 11.8 Å². The number of hydrogen-bond donors (Lipinski definition) is 2. The first-order valence-corrected chi connectivity index (χ1v) is 11.4. The molecule has 1 amide bonds. The van der Waals surface area contributed by atoms with E-state index in [2.05, 4.69) is 50.1 Å². The number of carbonyl (C=O) groups excluding carboxylic acids is 1. The van der Waals surface area contributed by atoms with Gasteiger partial charge in [0.1, 0.15) is 5.69 Å². The number of amides is 1. The molecule has 150 valence electrons. The van der Waals surface area contributed by atoms with Gasteiger partial charge in [0.25, 0.3) is 5.91 Å². The van der Waals surface area contributed by atoms with Crippen molar-refractivity contribution in [1.29, 1.82) is 0 Å². The Labute approximate surface area is 170 Å². The highest BCUT2D eigenvalue weighted by atomic mass is 32.1. The minimum absolute atomic E-state index is 0.0143. The first kappa shape index (κ1) is 18.3. The van der Waals surface area contributed by atoms with Gasteiger partial charge >= 0.3 is 0 Å². The van der Waals surface area contributed by atoms with Gasteiger partial charge in [0.2, 0.25) is 0 Å². The topological polar surface area (TPSA) is 60.5 Å². The van der Waals surface area contributed by atoms with Crippen molar-refractivity contribution in [2.75, 3.05) is 37.7 Å². The fraction of sp³-hybridized carbons (Fsp3) is 0.619. The van der Waals surface area contributed by atoms with Gasteiger partial charge in [0.15, 0.2) is 0 Å². The molecule has 6 rings (SSSR count). The lowest BCUT2D eigenvalue weighted by Gasteiger charge is -2.44. The van der Waals surface area contributed by atoms with Crippen LogP contribution >= 0.6 is 11.5 Å². The van der Waals surface area contributed by atoms with Gasteiger partial charge in [-0.1, -0.05) is 6.92 Å². The highest BCUT2D eigenvalue weighted by molar-refractivity contribution is 7.13. The van der Waals surface area contributed by atoms with E-state index in [9.17, 15) is 4.79 Å². The molecule has 5 heterocycles. The number of anilines is 1. The molecule has 6 nitrogen and oxygen atoms in total. The molecule has 4 saturated heterocycles. The number of rotatable bonds is 3. The molecule has 1 aromatic carbocycles. The van der Waals surface area contributed by atoms with Gasteiger partial charge in [0.05, 0.1) is 10.4 Å². The molecule has 4 aliphatic heterocycles. The molecule has 0 radical (unpaired) electrons. The fourth-order valence-electron chi connectivity index (χ4n) is 4.89. The molecule has 1 aromatic heterocycles. The van der Waals surface area contributed by atoms with Crippen molar-refractivity contribution in [2.24, 2.45) is 11.8 Å². The Morgan fingerprint density at radius 1 is 1.25 bits per heavy atom. The van der Waals surface area contributed by atoms with Crippen LogP contribution in [0.25, 0.3) is 10.1 Å². The van der Waals surface area contributed by atoms with Crippen LogP contribution in [-0.4, -0.2) is 53.9 Å². The monoisotopic (exact) mass is 399 g/mol. The van der Waals surface area contributed by atoms with E-state index < -0.39 is 0 Å². The second-order valence-electron chi connectivity index (χ2n) is 8.69. The van der Waals surface area contributed by atoms with Crippen LogP contribution in [0.15, 0.2) is 18.2 Å². The van der Waals surface area contributed by atoms with Gasteiger partial charge in [-0.3, -0.25) is 4.79 Å². The number of benzene rings is 1. The normalized spacial score (nSPS) is 30.4. The quantitative estimate of drug-likeness (QED) is 0.831. The van der Waals surface area contributed by atoms with Crippen LogP contribution in [0.5, 0.6) is 0 Å². The maximum atomic E-state index is 13.0. The lowest BCUT2D eigenvalue weighted by atomic mass is 9.84. The second kappa shape index (κ2) is 7.61. The zero-order chi connectivity index (χ0) is 19.1. The van der Waals surface area contributed by atoms with Crippen molar-refractivity contribution in [2.45, 2.75) is 38.6 Å². The largest absolute Gasteiger partial charge is 0.346 e. The number of nitrogens with zero attached hydrogens (tertiary/aromatic N) is 3. The third-order valence-corrected chi connectivity index (χ3v) is 7.49. The van der Waals surface area contributed by atoms with E-state index in [0.717, 1.165) is 35.4 Å². The number of piperidine rings is 3. The van der Waals surface area contributed by atoms with Crippen LogP contribution in [0.3, 0.4) is 0 Å². The van der Waals surface area contributed by atoms with Gasteiger partial charge in [-0.25, -0.2) is 5.43 Å². The van der Waals surface area contributed by atoms with Crippen molar-refractivity contribution in [3.63, 3.8) is 0 Å². The van der Waals surface area contributed by atoms with Crippen LogP contribution in [0.4, 0.5) is 5.69 Å². The first-order valence-electron chi connectivity index (χ1n) is 10.6. The van der Waals surface area contributed by atoms with Crippen LogP contribution in [0.2, 0.25) is 0 Å². The third-order valence-electron chi connectivity index (χ3n) is 6.66. The molecule has 0 saturated carbocycles. The first-order chi connectivity index (χ1) is 13.7. The van der Waals surface area contributed by atoms with Crippen LogP contribution < -0.4 is 15.8 Å². The molecule has 2 bridgehead atoms. The van der Waals surface area contributed by atoms with Gasteiger partial charge in [-0.05, 0) is 80.3 Å². The SMILES string of the molecule is CC1CCCN(c2ccc3snc(C(=O)N[C@@H]4CN5CCC4CC5)c3c2)NC1. The Hall–Kier alpha value is -1.70. The molecular formula is C21H29N5OS. The summed E-state index contributed by atoms with van der Waals surface area (Å²) >= 11 is 1.42. The van der Waals surface area contributed by atoms with Crippen LogP contribution in [0.1, 0.15) is 43.1 Å². The summed E-state index contributed by atoms with van der Waals surface area (Å²) in [6, 6.07) is 6.64. The lowest BCUT2D eigenvalue weighted by molar-refractivity contribution is 0.0619. The fourth-order valence-corrected chi connectivity index (χ4v) is 5.64. The average Bonchev–Trinajstić information content (AvgIpc) is 3.02. The minimum Gasteiger partial charge on any atom is -0.346 e. The minimum atomic E-state index is -0.0143. The molecule has 7 heteroatoms. The number of aromatic nitrogens is 1. The Morgan fingerprint density at radius 2 is 2.11 bits per heavy atom. The lowest BCUT2D eigenvalue weighted by Crippen LogP contribution is -2.57. The number of nitrogens with one attached hydrogen (secondary N) is 2. The molecule has 4 fully saturated rings. The third kappa shape index (κ3) is 3.51. The number of hydrazine groups is 1. The summed E-state index contributed by atoms with van der Waals surface area (Å²) in [5.41, 5.74) is 5.26. The van der Waals surface area contributed by atoms with E-state index >= 15 is 0 Å². The zero-order valence-corrected chi connectivity index (χ0v) is 17.3. The molecule has 2 aromatic rings. The summed E-state index contributed by atoms with van der Waals surface area (Å²) < 4.78 is 5.59. The molecule has 0 aliphatic carbocycles. The van der Waals surface area contributed by atoms with E-state index in [1.165, 1.54) is 50.3 Å². The predicted octanol–water partition coefficient (Wildman–Crippen LogP) is 2.86. The van der Waals surface area contributed by atoms with E-state index in [4.69, 9.17) is 0 Å². The number of hydrogen-bond acceptors (Lipinski definition) is 6. The molecule has 0 spiro atoms. The van der Waals surface area contributed by atoms with E-state index in [1.54, 1.807) is 0 Å². The van der Waals surface area contributed by atoms with Gasteiger partial charge < -0.3 is 15.2 Å². The van der Waals surface area contributed by atoms with Crippen molar-refractivity contribution >= 4 is 33.2 Å². The molecular weight excluding hydrogens is 370 g/mol. The smallest absolute Gasteiger partial charge is 0.271 e. The number of fused-ring (bicyclic) bond motifs is 4. The van der Waals surface area contributed by atoms with E-state index in [-0.39, 0.29) is 11.9 Å².